The number of pyridine rings is 1. The average molecular weight is 247 g/mol. The van der Waals surface area contributed by atoms with Crippen LogP contribution < -0.4 is 0 Å². The summed E-state index contributed by atoms with van der Waals surface area (Å²) in [5.74, 6) is 5.78. The first-order chi connectivity index (χ1) is 9.33. The van der Waals surface area contributed by atoms with E-state index in [1.54, 1.807) is 18.3 Å². The molecule has 0 aliphatic rings. The number of aromatic nitrogens is 1. The summed E-state index contributed by atoms with van der Waals surface area (Å²) in [6.45, 7) is 0. The van der Waals surface area contributed by atoms with E-state index in [0.717, 1.165) is 16.5 Å². The molecule has 0 aliphatic heterocycles. The molecular formula is C17H10FN. The van der Waals surface area contributed by atoms with E-state index in [-0.39, 0.29) is 5.82 Å². The first-order valence-corrected chi connectivity index (χ1v) is 5.94. The third-order valence-corrected chi connectivity index (χ3v) is 2.82. The zero-order valence-corrected chi connectivity index (χ0v) is 10.1. The van der Waals surface area contributed by atoms with Gasteiger partial charge in [-0.15, -0.1) is 0 Å². The van der Waals surface area contributed by atoms with Crippen LogP contribution in [0.5, 0.6) is 0 Å². The van der Waals surface area contributed by atoms with Crippen molar-refractivity contribution in [2.24, 2.45) is 0 Å². The largest absolute Gasteiger partial charge is 0.256 e. The first kappa shape index (κ1) is 11.4. The van der Waals surface area contributed by atoms with Crippen LogP contribution in [0.15, 0.2) is 60.8 Å². The van der Waals surface area contributed by atoms with Crippen molar-refractivity contribution in [2.45, 2.75) is 0 Å². The molecule has 0 aliphatic carbocycles. The van der Waals surface area contributed by atoms with Gasteiger partial charge in [0.05, 0.1) is 5.52 Å². The lowest BCUT2D eigenvalue weighted by Gasteiger charge is -1.98. The van der Waals surface area contributed by atoms with Crippen LogP contribution in [0.1, 0.15) is 11.1 Å². The normalized spacial score (nSPS) is 9.95. The summed E-state index contributed by atoms with van der Waals surface area (Å²) in [5, 5.41) is 1.01. The van der Waals surface area contributed by atoms with Crippen molar-refractivity contribution < 1.29 is 4.39 Å². The molecule has 0 radical (unpaired) electrons. The Morgan fingerprint density at radius 3 is 2.68 bits per heavy atom. The summed E-state index contributed by atoms with van der Waals surface area (Å²) >= 11 is 0. The molecular weight excluding hydrogens is 237 g/mol. The molecule has 2 heteroatoms. The lowest BCUT2D eigenvalue weighted by molar-refractivity contribution is 0.627. The number of benzene rings is 2. The number of halogens is 1. The molecule has 0 amide bonds. The van der Waals surface area contributed by atoms with Gasteiger partial charge in [-0.1, -0.05) is 36.1 Å². The fraction of sp³-hybridized carbons (Fsp3) is 0. The van der Waals surface area contributed by atoms with E-state index in [1.165, 1.54) is 12.1 Å². The summed E-state index contributed by atoms with van der Waals surface area (Å²) in [7, 11) is 0. The number of fused-ring (bicyclic) bond motifs is 1. The van der Waals surface area contributed by atoms with Crippen molar-refractivity contribution in [3.05, 3.63) is 77.7 Å². The number of rotatable bonds is 0. The van der Waals surface area contributed by atoms with Crippen LogP contribution in [0.3, 0.4) is 0 Å². The SMILES string of the molecule is Fc1cccc(C#Cc2ccnc3ccccc23)c1. The highest BCUT2D eigenvalue weighted by molar-refractivity contribution is 5.84. The minimum absolute atomic E-state index is 0.272. The van der Waals surface area contributed by atoms with Crippen LogP contribution >= 0.6 is 0 Å². The van der Waals surface area contributed by atoms with Crippen molar-refractivity contribution in [3.63, 3.8) is 0 Å². The molecule has 3 aromatic rings. The lowest BCUT2D eigenvalue weighted by atomic mass is 10.1. The predicted octanol–water partition coefficient (Wildman–Crippen LogP) is 3.77. The average Bonchev–Trinajstić information content (AvgIpc) is 2.45. The van der Waals surface area contributed by atoms with Crippen molar-refractivity contribution >= 4 is 10.9 Å². The van der Waals surface area contributed by atoms with Crippen molar-refractivity contribution in [1.29, 1.82) is 0 Å². The third kappa shape index (κ3) is 2.46. The van der Waals surface area contributed by atoms with E-state index in [2.05, 4.69) is 16.8 Å². The number of hydrogen-bond donors (Lipinski definition) is 0. The number of para-hydroxylation sites is 1. The van der Waals surface area contributed by atoms with E-state index in [0.29, 0.717) is 5.56 Å². The van der Waals surface area contributed by atoms with Crippen LogP contribution in [0.25, 0.3) is 10.9 Å². The Bertz CT molecular complexity index is 791. The van der Waals surface area contributed by atoms with E-state index in [4.69, 9.17) is 0 Å². The lowest BCUT2D eigenvalue weighted by Crippen LogP contribution is -1.83. The van der Waals surface area contributed by atoms with Gasteiger partial charge in [-0.2, -0.15) is 0 Å². The molecule has 90 valence electrons. The van der Waals surface area contributed by atoms with E-state index in [1.807, 2.05) is 30.3 Å². The van der Waals surface area contributed by atoms with Gasteiger partial charge in [0.1, 0.15) is 5.82 Å². The number of hydrogen-bond acceptors (Lipinski definition) is 1. The minimum Gasteiger partial charge on any atom is -0.256 e. The summed E-state index contributed by atoms with van der Waals surface area (Å²) in [6, 6.07) is 16.0. The van der Waals surface area contributed by atoms with Crippen LogP contribution in [0, 0.1) is 17.7 Å². The van der Waals surface area contributed by atoms with E-state index in [9.17, 15) is 4.39 Å². The van der Waals surface area contributed by atoms with Gasteiger partial charge in [-0.05, 0) is 30.3 Å². The smallest absolute Gasteiger partial charge is 0.124 e. The zero-order chi connectivity index (χ0) is 13.1. The highest BCUT2D eigenvalue weighted by Crippen LogP contribution is 2.15. The third-order valence-electron chi connectivity index (χ3n) is 2.82. The van der Waals surface area contributed by atoms with E-state index < -0.39 is 0 Å². The van der Waals surface area contributed by atoms with Crippen molar-refractivity contribution in [3.8, 4) is 11.8 Å². The Labute approximate surface area is 110 Å². The quantitative estimate of drug-likeness (QED) is 0.551. The number of nitrogens with zero attached hydrogens (tertiary/aromatic N) is 1. The highest BCUT2D eigenvalue weighted by atomic mass is 19.1. The molecule has 0 atom stereocenters. The Morgan fingerprint density at radius 1 is 0.895 bits per heavy atom. The van der Waals surface area contributed by atoms with Gasteiger partial charge in [0.25, 0.3) is 0 Å². The maximum atomic E-state index is 13.1. The molecule has 1 nitrogen and oxygen atoms in total. The first-order valence-electron chi connectivity index (χ1n) is 5.94. The highest BCUT2D eigenvalue weighted by Gasteiger charge is 1.97. The Morgan fingerprint density at radius 2 is 1.79 bits per heavy atom. The molecule has 0 saturated heterocycles. The predicted molar refractivity (Wildman–Crippen MR) is 74.1 cm³/mol. The molecule has 3 rings (SSSR count). The molecule has 0 spiro atoms. The van der Waals surface area contributed by atoms with Gasteiger partial charge in [-0.25, -0.2) is 4.39 Å². The van der Waals surface area contributed by atoms with Gasteiger partial charge in [-0.3, -0.25) is 4.98 Å². The molecule has 0 N–H and O–H groups in total. The molecule has 1 heterocycles. The molecule has 0 unspecified atom stereocenters. The molecule has 0 fully saturated rings. The minimum atomic E-state index is -0.272. The van der Waals surface area contributed by atoms with Gasteiger partial charge in [0.15, 0.2) is 0 Å². The second-order valence-electron chi connectivity index (χ2n) is 4.14. The molecule has 0 saturated carbocycles. The summed E-state index contributed by atoms with van der Waals surface area (Å²) in [4.78, 5) is 4.28. The van der Waals surface area contributed by atoms with Gasteiger partial charge in [0.2, 0.25) is 0 Å². The standard InChI is InChI=1S/C17H10FN/c18-15-5-3-4-13(12-15)8-9-14-10-11-19-17-7-2-1-6-16(14)17/h1-7,10-12H. The fourth-order valence-electron chi connectivity index (χ4n) is 1.91. The molecule has 1 aromatic heterocycles. The van der Waals surface area contributed by atoms with Gasteiger partial charge < -0.3 is 0 Å². The summed E-state index contributed by atoms with van der Waals surface area (Å²) in [6.07, 6.45) is 1.73. The summed E-state index contributed by atoms with van der Waals surface area (Å²) in [5.41, 5.74) is 2.48. The zero-order valence-electron chi connectivity index (χ0n) is 10.1. The maximum absolute atomic E-state index is 13.1. The Balaban J connectivity index is 2.07. The van der Waals surface area contributed by atoms with Gasteiger partial charge >= 0.3 is 0 Å². The second kappa shape index (κ2) is 4.91. The van der Waals surface area contributed by atoms with E-state index >= 15 is 0 Å². The van der Waals surface area contributed by atoms with Crippen LogP contribution in [0.2, 0.25) is 0 Å². The Kier molecular flexibility index (Phi) is 2.96. The topological polar surface area (TPSA) is 12.9 Å². The Hall–Kier alpha value is -2.66. The molecule has 0 bridgehead atoms. The van der Waals surface area contributed by atoms with Gasteiger partial charge in [0, 0.05) is 22.7 Å². The second-order valence-corrected chi connectivity index (χ2v) is 4.14. The molecule has 19 heavy (non-hydrogen) atoms. The van der Waals surface area contributed by atoms with Crippen molar-refractivity contribution in [2.75, 3.05) is 0 Å². The monoisotopic (exact) mass is 247 g/mol. The van der Waals surface area contributed by atoms with Crippen LogP contribution in [-0.2, 0) is 0 Å². The molecule has 2 aromatic carbocycles. The van der Waals surface area contributed by atoms with Crippen LogP contribution in [0.4, 0.5) is 4.39 Å². The maximum Gasteiger partial charge on any atom is 0.124 e. The summed E-state index contributed by atoms with van der Waals surface area (Å²) < 4.78 is 13.1. The fourth-order valence-corrected chi connectivity index (χ4v) is 1.91. The van der Waals surface area contributed by atoms with Crippen molar-refractivity contribution in [1.82, 2.24) is 4.98 Å². The van der Waals surface area contributed by atoms with Crippen LogP contribution in [-0.4, -0.2) is 4.98 Å².